The number of allylic oxidation sites excluding steroid dienone is 4. The molecule has 0 heterocycles. The molecule has 0 heteroatoms. The van der Waals surface area contributed by atoms with Crippen molar-refractivity contribution in [3.05, 3.63) is 23.3 Å². The Morgan fingerprint density at radius 1 is 1.11 bits per heavy atom. The molecule has 0 aliphatic heterocycles. The van der Waals surface area contributed by atoms with Gasteiger partial charge in [-0.05, 0) is 44.4 Å². The van der Waals surface area contributed by atoms with Gasteiger partial charge in [0.15, 0.2) is 0 Å². The summed E-state index contributed by atoms with van der Waals surface area (Å²) in [5.41, 5.74) is 3.22. The maximum atomic E-state index is 2.46. The molecule has 102 valence electrons. The highest BCUT2D eigenvalue weighted by atomic mass is 14.2. The summed E-state index contributed by atoms with van der Waals surface area (Å²) in [7, 11) is 0. The monoisotopic (exact) mass is 246 g/mol. The van der Waals surface area contributed by atoms with Gasteiger partial charge in [0.05, 0.1) is 0 Å². The van der Waals surface area contributed by atoms with Crippen LogP contribution in [-0.4, -0.2) is 0 Å². The maximum absolute atomic E-state index is 2.46. The van der Waals surface area contributed by atoms with Crippen molar-refractivity contribution in [2.24, 2.45) is 11.8 Å². The van der Waals surface area contributed by atoms with Crippen molar-refractivity contribution >= 4 is 0 Å². The standard InChI is InChI=1S/C18H30/c1-3-6-16-8-5-9-17(12-11-16)14-18-10-4-7-15(2)13-18/h7,13,16-17H,3-6,8-12,14H2,1-2H3. The topological polar surface area (TPSA) is 0 Å². The van der Waals surface area contributed by atoms with Crippen molar-refractivity contribution in [1.29, 1.82) is 0 Å². The van der Waals surface area contributed by atoms with E-state index in [-0.39, 0.29) is 0 Å². The van der Waals surface area contributed by atoms with Crippen molar-refractivity contribution in [2.75, 3.05) is 0 Å². The van der Waals surface area contributed by atoms with E-state index in [0.717, 1.165) is 11.8 Å². The van der Waals surface area contributed by atoms with Crippen molar-refractivity contribution in [1.82, 2.24) is 0 Å². The van der Waals surface area contributed by atoms with Gasteiger partial charge in [-0.15, -0.1) is 0 Å². The Morgan fingerprint density at radius 2 is 1.89 bits per heavy atom. The third kappa shape index (κ3) is 4.30. The van der Waals surface area contributed by atoms with Crippen molar-refractivity contribution in [2.45, 2.75) is 78.1 Å². The Balaban J connectivity index is 1.81. The first-order chi connectivity index (χ1) is 8.78. The van der Waals surface area contributed by atoms with E-state index in [0.29, 0.717) is 0 Å². The summed E-state index contributed by atoms with van der Waals surface area (Å²) in [6.07, 6.45) is 19.2. The van der Waals surface area contributed by atoms with Gasteiger partial charge in [0.1, 0.15) is 0 Å². The fraction of sp³-hybridized carbons (Fsp3) is 0.778. The van der Waals surface area contributed by atoms with Crippen LogP contribution in [0.3, 0.4) is 0 Å². The van der Waals surface area contributed by atoms with E-state index in [2.05, 4.69) is 26.0 Å². The summed E-state index contributed by atoms with van der Waals surface area (Å²) in [6.45, 7) is 4.59. The highest BCUT2D eigenvalue weighted by Crippen LogP contribution is 2.34. The summed E-state index contributed by atoms with van der Waals surface area (Å²) in [5.74, 6) is 2.03. The molecule has 0 aromatic heterocycles. The largest absolute Gasteiger partial charge is 0.0813 e. The molecular weight excluding hydrogens is 216 g/mol. The lowest BCUT2D eigenvalue weighted by molar-refractivity contribution is 0.404. The zero-order valence-electron chi connectivity index (χ0n) is 12.4. The van der Waals surface area contributed by atoms with E-state index >= 15 is 0 Å². The first-order valence-electron chi connectivity index (χ1n) is 8.14. The van der Waals surface area contributed by atoms with Crippen LogP contribution >= 0.6 is 0 Å². The lowest BCUT2D eigenvalue weighted by Crippen LogP contribution is -2.03. The predicted molar refractivity (Wildman–Crippen MR) is 80.7 cm³/mol. The van der Waals surface area contributed by atoms with Crippen LogP contribution in [0, 0.1) is 11.8 Å². The van der Waals surface area contributed by atoms with E-state index < -0.39 is 0 Å². The molecule has 0 amide bonds. The molecule has 2 rings (SSSR count). The van der Waals surface area contributed by atoms with E-state index in [9.17, 15) is 0 Å². The molecule has 0 saturated heterocycles. The molecule has 2 aliphatic rings. The van der Waals surface area contributed by atoms with Crippen molar-refractivity contribution < 1.29 is 0 Å². The minimum Gasteiger partial charge on any atom is -0.0813 e. The summed E-state index contributed by atoms with van der Waals surface area (Å²) >= 11 is 0. The third-order valence-corrected chi connectivity index (χ3v) is 4.82. The van der Waals surface area contributed by atoms with Gasteiger partial charge in [-0.2, -0.15) is 0 Å². The average molecular weight is 246 g/mol. The first-order valence-corrected chi connectivity index (χ1v) is 8.14. The molecule has 1 saturated carbocycles. The molecular formula is C18H30. The lowest BCUT2D eigenvalue weighted by atomic mass is 9.87. The fourth-order valence-electron chi connectivity index (χ4n) is 3.83. The van der Waals surface area contributed by atoms with E-state index in [4.69, 9.17) is 0 Å². The molecule has 18 heavy (non-hydrogen) atoms. The molecule has 1 fully saturated rings. The molecule has 0 N–H and O–H groups in total. The van der Waals surface area contributed by atoms with Gasteiger partial charge in [-0.1, -0.05) is 68.7 Å². The molecule has 0 aromatic rings. The highest BCUT2D eigenvalue weighted by molar-refractivity contribution is 5.26. The van der Waals surface area contributed by atoms with Crippen LogP contribution in [0.5, 0.6) is 0 Å². The van der Waals surface area contributed by atoms with E-state index in [1.54, 1.807) is 5.57 Å². The Labute approximate surface area is 114 Å². The lowest BCUT2D eigenvalue weighted by Gasteiger charge is -2.19. The van der Waals surface area contributed by atoms with Gasteiger partial charge in [-0.25, -0.2) is 0 Å². The molecule has 0 radical (unpaired) electrons. The molecule has 0 bridgehead atoms. The van der Waals surface area contributed by atoms with Crippen LogP contribution < -0.4 is 0 Å². The Hall–Kier alpha value is -0.520. The smallest absolute Gasteiger partial charge is 0.0282 e. The summed E-state index contributed by atoms with van der Waals surface area (Å²) in [4.78, 5) is 0. The number of hydrogen-bond acceptors (Lipinski definition) is 0. The molecule has 2 aliphatic carbocycles. The molecule has 0 aromatic carbocycles. The van der Waals surface area contributed by atoms with Crippen LogP contribution in [-0.2, 0) is 0 Å². The Morgan fingerprint density at radius 3 is 2.67 bits per heavy atom. The molecule has 0 spiro atoms. The highest BCUT2D eigenvalue weighted by Gasteiger charge is 2.19. The quantitative estimate of drug-likeness (QED) is 0.530. The third-order valence-electron chi connectivity index (χ3n) is 4.82. The van der Waals surface area contributed by atoms with Crippen LogP contribution in [0.2, 0.25) is 0 Å². The van der Waals surface area contributed by atoms with E-state index in [1.165, 1.54) is 69.8 Å². The number of rotatable bonds is 4. The fourth-order valence-corrected chi connectivity index (χ4v) is 3.83. The van der Waals surface area contributed by atoms with Gasteiger partial charge in [-0.3, -0.25) is 0 Å². The predicted octanol–water partition coefficient (Wildman–Crippen LogP) is 6.04. The van der Waals surface area contributed by atoms with Gasteiger partial charge in [0.2, 0.25) is 0 Å². The SMILES string of the molecule is CCCC1CCCC(CC2=CC(C)=CCC2)CC1. The van der Waals surface area contributed by atoms with E-state index in [1.807, 2.05) is 0 Å². The summed E-state index contributed by atoms with van der Waals surface area (Å²) < 4.78 is 0. The van der Waals surface area contributed by atoms with Crippen molar-refractivity contribution in [3.63, 3.8) is 0 Å². The van der Waals surface area contributed by atoms with Gasteiger partial charge >= 0.3 is 0 Å². The van der Waals surface area contributed by atoms with Gasteiger partial charge < -0.3 is 0 Å². The summed E-state index contributed by atoms with van der Waals surface area (Å²) in [5, 5.41) is 0. The first kappa shape index (κ1) is 13.9. The second-order valence-electron chi connectivity index (χ2n) is 6.52. The van der Waals surface area contributed by atoms with Crippen LogP contribution in [0.4, 0.5) is 0 Å². The average Bonchev–Trinajstić information content (AvgIpc) is 2.56. The van der Waals surface area contributed by atoms with Crippen LogP contribution in [0.15, 0.2) is 23.3 Å². The maximum Gasteiger partial charge on any atom is -0.0282 e. The molecule has 0 nitrogen and oxygen atoms in total. The second-order valence-corrected chi connectivity index (χ2v) is 6.52. The zero-order chi connectivity index (χ0) is 12.8. The van der Waals surface area contributed by atoms with Crippen LogP contribution in [0.25, 0.3) is 0 Å². The van der Waals surface area contributed by atoms with Crippen molar-refractivity contribution in [3.8, 4) is 0 Å². The zero-order valence-corrected chi connectivity index (χ0v) is 12.4. The minimum atomic E-state index is 0.990. The minimum absolute atomic E-state index is 0.990. The van der Waals surface area contributed by atoms with Gasteiger partial charge in [0, 0.05) is 0 Å². The molecule has 2 atom stereocenters. The molecule has 2 unspecified atom stereocenters. The number of hydrogen-bond donors (Lipinski definition) is 0. The van der Waals surface area contributed by atoms with Crippen LogP contribution in [0.1, 0.15) is 78.1 Å². The van der Waals surface area contributed by atoms with Gasteiger partial charge in [0.25, 0.3) is 0 Å². The summed E-state index contributed by atoms with van der Waals surface area (Å²) in [6, 6.07) is 0. The normalized spacial score (nSPS) is 29.4. The Bertz CT molecular complexity index is 308. The Kier molecular flexibility index (Phi) is 5.53. The second kappa shape index (κ2) is 7.16.